The van der Waals surface area contributed by atoms with Gasteiger partial charge in [-0.15, -0.1) is 0 Å². The zero-order valence-corrected chi connectivity index (χ0v) is 13.2. The van der Waals surface area contributed by atoms with Crippen LogP contribution >= 0.6 is 11.8 Å². The van der Waals surface area contributed by atoms with Gasteiger partial charge in [0.15, 0.2) is 11.0 Å². The Morgan fingerprint density at radius 3 is 3.23 bits per heavy atom. The minimum atomic E-state index is 0.165. The van der Waals surface area contributed by atoms with Gasteiger partial charge in [-0.2, -0.15) is 4.98 Å². The number of rotatable bonds is 3. The van der Waals surface area contributed by atoms with Crippen molar-refractivity contribution in [1.82, 2.24) is 19.9 Å². The zero-order chi connectivity index (χ0) is 15.1. The van der Waals surface area contributed by atoms with Gasteiger partial charge in [-0.1, -0.05) is 16.9 Å². The van der Waals surface area contributed by atoms with Crippen LogP contribution in [0.5, 0.6) is 0 Å². The molecular formula is C14H17N5O2S. The Bertz CT molecular complexity index is 668. The number of thioether (sulfide) groups is 1. The molecule has 0 saturated carbocycles. The molecule has 22 heavy (non-hydrogen) atoms. The van der Waals surface area contributed by atoms with Crippen molar-refractivity contribution in [2.24, 2.45) is 4.99 Å². The maximum Gasteiger partial charge on any atom is 0.231 e. The first-order valence-electron chi connectivity index (χ1n) is 7.46. The second kappa shape index (κ2) is 5.42. The van der Waals surface area contributed by atoms with E-state index in [4.69, 9.17) is 4.52 Å². The summed E-state index contributed by atoms with van der Waals surface area (Å²) < 4.78 is 5.23. The summed E-state index contributed by atoms with van der Waals surface area (Å²) in [5.74, 6) is 1.63. The summed E-state index contributed by atoms with van der Waals surface area (Å²) in [5, 5.41) is 6.91. The van der Waals surface area contributed by atoms with Gasteiger partial charge in [0.25, 0.3) is 0 Å². The molecular weight excluding hydrogens is 302 g/mol. The van der Waals surface area contributed by atoms with E-state index in [1.165, 1.54) is 0 Å². The highest BCUT2D eigenvalue weighted by atomic mass is 32.2. The fourth-order valence-corrected chi connectivity index (χ4v) is 4.00. The standard InChI is InChI=1S/C14H17N5O2S/c1-9-16-13(21-17-9)10-2-4-18(7-10)12(20)6-11-8-22-14-15-3-5-19(11)14/h8,10H,2-7H2,1H3/t10-/m1/s1. The van der Waals surface area contributed by atoms with Gasteiger partial charge in [0.2, 0.25) is 11.8 Å². The monoisotopic (exact) mass is 319 g/mol. The third-order valence-corrected chi connectivity index (χ3v) is 5.16. The highest BCUT2D eigenvalue weighted by Crippen LogP contribution is 2.32. The van der Waals surface area contributed by atoms with E-state index < -0.39 is 0 Å². The minimum absolute atomic E-state index is 0.165. The number of amidine groups is 1. The molecule has 3 aliphatic heterocycles. The van der Waals surface area contributed by atoms with Gasteiger partial charge >= 0.3 is 0 Å². The average Bonchev–Trinajstić information content (AvgIpc) is 3.22. The molecule has 3 aliphatic rings. The summed E-state index contributed by atoms with van der Waals surface area (Å²) in [6.07, 6.45) is 1.33. The number of fused-ring (bicyclic) bond motifs is 1. The molecule has 0 aromatic carbocycles. The van der Waals surface area contributed by atoms with E-state index in [1.807, 2.05) is 17.2 Å². The summed E-state index contributed by atoms with van der Waals surface area (Å²) >= 11 is 1.62. The molecule has 0 bridgehead atoms. The van der Waals surface area contributed by atoms with Gasteiger partial charge in [-0.3, -0.25) is 9.79 Å². The number of aromatic nitrogens is 2. The van der Waals surface area contributed by atoms with E-state index in [0.717, 1.165) is 36.9 Å². The fourth-order valence-electron chi connectivity index (χ4n) is 3.05. The molecule has 0 radical (unpaired) electrons. The zero-order valence-electron chi connectivity index (χ0n) is 12.4. The molecule has 8 heteroatoms. The molecule has 1 saturated heterocycles. The second-order valence-electron chi connectivity index (χ2n) is 5.72. The lowest BCUT2D eigenvalue weighted by molar-refractivity contribution is -0.129. The lowest BCUT2D eigenvalue weighted by Gasteiger charge is -2.20. The third kappa shape index (κ3) is 2.41. The minimum Gasteiger partial charge on any atom is -0.342 e. The van der Waals surface area contributed by atoms with Gasteiger partial charge < -0.3 is 14.3 Å². The van der Waals surface area contributed by atoms with Crippen LogP contribution < -0.4 is 0 Å². The Hall–Kier alpha value is -1.83. The van der Waals surface area contributed by atoms with Crippen molar-refractivity contribution in [3.05, 3.63) is 22.8 Å². The van der Waals surface area contributed by atoms with Crippen molar-refractivity contribution in [2.45, 2.75) is 25.7 Å². The van der Waals surface area contributed by atoms with Gasteiger partial charge in [-0.25, -0.2) is 0 Å². The van der Waals surface area contributed by atoms with Crippen molar-refractivity contribution in [2.75, 3.05) is 26.2 Å². The van der Waals surface area contributed by atoms with Crippen molar-refractivity contribution >= 4 is 22.8 Å². The molecule has 4 heterocycles. The smallest absolute Gasteiger partial charge is 0.231 e. The van der Waals surface area contributed by atoms with E-state index in [0.29, 0.717) is 24.7 Å². The molecule has 0 spiro atoms. The molecule has 1 aromatic rings. The molecule has 0 unspecified atom stereocenters. The van der Waals surface area contributed by atoms with Gasteiger partial charge in [-0.05, 0) is 18.8 Å². The summed E-state index contributed by atoms with van der Waals surface area (Å²) in [7, 11) is 0. The lowest BCUT2D eigenvalue weighted by atomic mass is 10.1. The highest BCUT2D eigenvalue weighted by Gasteiger charge is 2.33. The predicted octanol–water partition coefficient (Wildman–Crippen LogP) is 1.34. The molecule has 116 valence electrons. The predicted molar refractivity (Wildman–Crippen MR) is 82.3 cm³/mol. The SMILES string of the molecule is Cc1noc([C@@H]2CCN(C(=O)CC3=CSC4=NCCN34)C2)n1. The number of likely N-dealkylation sites (tertiary alicyclic amines) is 1. The van der Waals surface area contributed by atoms with E-state index >= 15 is 0 Å². The van der Waals surface area contributed by atoms with Crippen LogP contribution in [0.25, 0.3) is 0 Å². The Labute approximate surface area is 132 Å². The molecule has 0 aliphatic carbocycles. The first-order valence-corrected chi connectivity index (χ1v) is 8.34. The summed E-state index contributed by atoms with van der Waals surface area (Å²) in [6, 6.07) is 0. The Balaban J connectivity index is 1.37. The number of amides is 1. The van der Waals surface area contributed by atoms with E-state index in [2.05, 4.69) is 20.0 Å². The Morgan fingerprint density at radius 2 is 2.41 bits per heavy atom. The van der Waals surface area contributed by atoms with Crippen LogP contribution in [0.4, 0.5) is 0 Å². The van der Waals surface area contributed by atoms with Crippen LogP contribution in [-0.2, 0) is 4.79 Å². The molecule has 7 nitrogen and oxygen atoms in total. The van der Waals surface area contributed by atoms with Gasteiger partial charge in [0, 0.05) is 25.3 Å². The van der Waals surface area contributed by atoms with E-state index in [-0.39, 0.29) is 11.8 Å². The number of hydrogen-bond acceptors (Lipinski definition) is 7. The summed E-state index contributed by atoms with van der Waals surface area (Å²) in [4.78, 5) is 25.3. The van der Waals surface area contributed by atoms with Gasteiger partial charge in [0.1, 0.15) is 0 Å². The molecule has 1 aromatic heterocycles. The molecule has 1 amide bonds. The number of hydrogen-bond donors (Lipinski definition) is 0. The number of aliphatic imine (C=N–C) groups is 1. The van der Waals surface area contributed by atoms with Crippen LogP contribution in [-0.4, -0.2) is 57.2 Å². The van der Waals surface area contributed by atoms with Crippen LogP contribution in [0.15, 0.2) is 20.6 Å². The third-order valence-electron chi connectivity index (χ3n) is 4.21. The van der Waals surface area contributed by atoms with Crippen molar-refractivity contribution in [1.29, 1.82) is 0 Å². The number of carbonyl (C=O) groups excluding carboxylic acids is 1. The maximum absolute atomic E-state index is 12.5. The second-order valence-corrected chi connectivity index (χ2v) is 6.56. The Morgan fingerprint density at radius 1 is 1.50 bits per heavy atom. The molecule has 0 N–H and O–H groups in total. The first-order chi connectivity index (χ1) is 10.7. The first kappa shape index (κ1) is 13.8. The number of nitrogens with zero attached hydrogens (tertiary/aromatic N) is 5. The van der Waals surface area contributed by atoms with Crippen LogP contribution in [0.3, 0.4) is 0 Å². The summed E-state index contributed by atoms with van der Waals surface area (Å²) in [6.45, 7) is 4.96. The number of aryl methyl sites for hydroxylation is 1. The topological polar surface area (TPSA) is 74.8 Å². The summed E-state index contributed by atoms with van der Waals surface area (Å²) in [5.41, 5.74) is 1.07. The number of carbonyl (C=O) groups is 1. The van der Waals surface area contributed by atoms with Crippen LogP contribution in [0.2, 0.25) is 0 Å². The average molecular weight is 319 g/mol. The van der Waals surface area contributed by atoms with Crippen molar-refractivity contribution in [3.63, 3.8) is 0 Å². The van der Waals surface area contributed by atoms with E-state index in [9.17, 15) is 4.79 Å². The van der Waals surface area contributed by atoms with Crippen LogP contribution in [0, 0.1) is 6.92 Å². The maximum atomic E-state index is 12.5. The molecule has 1 atom stereocenters. The quantitative estimate of drug-likeness (QED) is 0.837. The normalized spacial score (nSPS) is 23.8. The Kier molecular flexibility index (Phi) is 3.40. The molecule has 4 rings (SSSR count). The van der Waals surface area contributed by atoms with Crippen molar-refractivity contribution < 1.29 is 9.32 Å². The highest BCUT2D eigenvalue weighted by molar-refractivity contribution is 8.16. The largest absolute Gasteiger partial charge is 0.342 e. The lowest BCUT2D eigenvalue weighted by Crippen LogP contribution is -2.31. The fraction of sp³-hybridized carbons (Fsp3) is 0.571. The van der Waals surface area contributed by atoms with Crippen LogP contribution in [0.1, 0.15) is 30.5 Å². The van der Waals surface area contributed by atoms with E-state index in [1.54, 1.807) is 11.8 Å². The van der Waals surface area contributed by atoms with Gasteiger partial charge in [0.05, 0.1) is 18.9 Å². The van der Waals surface area contributed by atoms with Crippen molar-refractivity contribution in [3.8, 4) is 0 Å². The molecule has 1 fully saturated rings.